The number of aliphatic hydroxyl groups is 1. The molecule has 0 aromatic heterocycles. The zero-order chi connectivity index (χ0) is 22.7. The third-order valence-electron chi connectivity index (χ3n) is 6.54. The molecule has 7 heteroatoms. The van der Waals surface area contributed by atoms with Crippen LogP contribution in [0.5, 0.6) is 5.75 Å². The zero-order valence-electron chi connectivity index (χ0n) is 19.2. The van der Waals surface area contributed by atoms with Crippen LogP contribution in [-0.4, -0.2) is 59.9 Å². The molecule has 0 saturated carbocycles. The number of aliphatic imine (C=N–C) groups is 1. The molecule has 0 saturated heterocycles. The van der Waals surface area contributed by atoms with Gasteiger partial charge in [0.05, 0.1) is 23.7 Å². The predicted molar refractivity (Wildman–Crippen MR) is 128 cm³/mol. The summed E-state index contributed by atoms with van der Waals surface area (Å²) < 4.78 is 10.7. The predicted octanol–water partition coefficient (Wildman–Crippen LogP) is 4.57. The molecule has 2 aliphatic heterocycles. The number of phenols is 1. The van der Waals surface area contributed by atoms with E-state index in [1.165, 1.54) is 5.57 Å². The number of unbranched alkanes of at least 4 members (excludes halogenated alkanes) is 1. The first-order valence-corrected chi connectivity index (χ1v) is 12.4. The van der Waals surface area contributed by atoms with Crippen molar-refractivity contribution in [2.75, 3.05) is 27.4 Å². The highest BCUT2D eigenvalue weighted by Crippen LogP contribution is 2.53. The molecule has 0 radical (unpaired) electrons. The molecule has 0 fully saturated rings. The Labute approximate surface area is 195 Å². The number of aryl methyl sites for hydroxylation is 1. The van der Waals surface area contributed by atoms with Gasteiger partial charge in [0.1, 0.15) is 29.8 Å². The van der Waals surface area contributed by atoms with E-state index in [-0.39, 0.29) is 11.3 Å². The summed E-state index contributed by atoms with van der Waals surface area (Å²) in [6.07, 6.45) is 9.33. The number of aromatic hydroxyl groups is 1. The fraction of sp³-hybridized carbons (Fsp3) is 0.560. The molecule has 32 heavy (non-hydrogen) atoms. The quantitative estimate of drug-likeness (QED) is 0.565. The minimum Gasteiger partial charge on any atom is -0.507 e. The SMILES string of the molecule is CCCCc1cc(O)c2c(c1)C1C(N=C(COC)N(CCC3=CC=C(OC)CC3)C1O)S2. The monoisotopic (exact) mass is 458 g/mol. The van der Waals surface area contributed by atoms with Gasteiger partial charge in [0.2, 0.25) is 0 Å². The van der Waals surface area contributed by atoms with Crippen LogP contribution >= 0.6 is 11.8 Å². The summed E-state index contributed by atoms with van der Waals surface area (Å²) in [5, 5.41) is 22.0. The van der Waals surface area contributed by atoms with Gasteiger partial charge in [0, 0.05) is 20.1 Å². The third-order valence-corrected chi connectivity index (χ3v) is 7.86. The van der Waals surface area contributed by atoms with Crippen molar-refractivity contribution < 1.29 is 19.7 Å². The second kappa shape index (κ2) is 10.3. The van der Waals surface area contributed by atoms with Crippen molar-refractivity contribution in [3.05, 3.63) is 46.7 Å². The summed E-state index contributed by atoms with van der Waals surface area (Å²) in [5.41, 5.74) is 3.49. The van der Waals surface area contributed by atoms with Crippen LogP contribution in [0.4, 0.5) is 0 Å². The first-order chi connectivity index (χ1) is 15.5. The molecule has 0 spiro atoms. The first kappa shape index (κ1) is 23.2. The molecular weight excluding hydrogens is 424 g/mol. The number of aliphatic hydroxyl groups excluding tert-OH is 1. The average molecular weight is 459 g/mol. The lowest BCUT2D eigenvalue weighted by Gasteiger charge is -2.40. The van der Waals surface area contributed by atoms with Crippen molar-refractivity contribution in [1.82, 2.24) is 4.90 Å². The van der Waals surface area contributed by atoms with Crippen LogP contribution in [0, 0.1) is 0 Å². The summed E-state index contributed by atoms with van der Waals surface area (Å²) in [5.74, 6) is 1.93. The van der Waals surface area contributed by atoms with Crippen molar-refractivity contribution >= 4 is 17.6 Å². The number of amidine groups is 1. The largest absolute Gasteiger partial charge is 0.507 e. The minimum atomic E-state index is -0.702. The maximum absolute atomic E-state index is 11.5. The van der Waals surface area contributed by atoms with Gasteiger partial charge in [-0.25, -0.2) is 0 Å². The van der Waals surface area contributed by atoms with E-state index in [1.807, 2.05) is 17.0 Å². The van der Waals surface area contributed by atoms with E-state index in [0.29, 0.717) is 18.9 Å². The number of allylic oxidation sites excluding steroid dienone is 3. The molecule has 2 N–H and O–H groups in total. The molecule has 3 unspecified atom stereocenters. The molecule has 1 aliphatic carbocycles. The van der Waals surface area contributed by atoms with Gasteiger partial charge >= 0.3 is 0 Å². The van der Waals surface area contributed by atoms with Crippen molar-refractivity contribution in [3.63, 3.8) is 0 Å². The number of ether oxygens (including phenoxy) is 2. The Morgan fingerprint density at radius 1 is 1.19 bits per heavy atom. The second-order valence-corrected chi connectivity index (χ2v) is 9.80. The Morgan fingerprint density at radius 3 is 2.72 bits per heavy atom. The van der Waals surface area contributed by atoms with Gasteiger partial charge in [-0.05, 0) is 49.0 Å². The smallest absolute Gasteiger partial charge is 0.137 e. The molecule has 2 heterocycles. The van der Waals surface area contributed by atoms with Crippen molar-refractivity contribution in [2.24, 2.45) is 4.99 Å². The maximum Gasteiger partial charge on any atom is 0.137 e. The van der Waals surface area contributed by atoms with Crippen LogP contribution in [0.1, 0.15) is 56.1 Å². The Hall–Kier alpha value is -1.96. The van der Waals surface area contributed by atoms with Crippen molar-refractivity contribution in [3.8, 4) is 5.75 Å². The van der Waals surface area contributed by atoms with E-state index in [1.54, 1.807) is 26.0 Å². The third kappa shape index (κ3) is 4.70. The minimum absolute atomic E-state index is 0.144. The van der Waals surface area contributed by atoms with E-state index >= 15 is 0 Å². The highest BCUT2D eigenvalue weighted by atomic mass is 32.2. The molecule has 6 nitrogen and oxygen atoms in total. The topological polar surface area (TPSA) is 74.5 Å². The van der Waals surface area contributed by atoms with E-state index in [9.17, 15) is 10.2 Å². The van der Waals surface area contributed by atoms with Gasteiger partial charge in [0.15, 0.2) is 0 Å². The van der Waals surface area contributed by atoms with E-state index in [0.717, 1.165) is 66.1 Å². The normalized spacial score (nSPS) is 24.4. The molecule has 4 rings (SSSR count). The number of rotatable bonds is 9. The highest BCUT2D eigenvalue weighted by Gasteiger charge is 2.46. The number of benzene rings is 1. The fourth-order valence-electron chi connectivity index (χ4n) is 4.74. The van der Waals surface area contributed by atoms with Gasteiger partial charge in [-0.3, -0.25) is 4.99 Å². The number of nitrogens with zero attached hydrogens (tertiary/aromatic N) is 2. The lowest BCUT2D eigenvalue weighted by molar-refractivity contribution is 0.0162. The number of hydrogen-bond donors (Lipinski definition) is 2. The highest BCUT2D eigenvalue weighted by molar-refractivity contribution is 8.00. The summed E-state index contributed by atoms with van der Waals surface area (Å²) in [7, 11) is 3.36. The van der Waals surface area contributed by atoms with Crippen LogP contribution in [0.25, 0.3) is 0 Å². The molecule has 0 amide bonds. The van der Waals surface area contributed by atoms with Crippen LogP contribution in [0.3, 0.4) is 0 Å². The maximum atomic E-state index is 11.5. The van der Waals surface area contributed by atoms with Crippen molar-refractivity contribution in [1.29, 1.82) is 0 Å². The average Bonchev–Trinajstić information content (AvgIpc) is 3.17. The number of hydrogen-bond acceptors (Lipinski definition) is 7. The van der Waals surface area contributed by atoms with Crippen LogP contribution in [0.2, 0.25) is 0 Å². The van der Waals surface area contributed by atoms with Gasteiger partial charge in [-0.2, -0.15) is 0 Å². The number of methoxy groups -OCH3 is 2. The number of phenolic OH excluding ortho intramolecular Hbond substituents is 1. The molecule has 1 aromatic carbocycles. The summed E-state index contributed by atoms with van der Waals surface area (Å²) >= 11 is 1.55. The Balaban J connectivity index is 1.57. The summed E-state index contributed by atoms with van der Waals surface area (Å²) in [6, 6.07) is 4.04. The molecule has 1 aromatic rings. The van der Waals surface area contributed by atoms with Gasteiger partial charge < -0.3 is 24.6 Å². The number of thioether (sulfide) groups is 1. The lowest BCUT2D eigenvalue weighted by Crippen LogP contribution is -2.51. The molecule has 3 atom stereocenters. The zero-order valence-corrected chi connectivity index (χ0v) is 20.0. The summed E-state index contributed by atoms with van der Waals surface area (Å²) in [4.78, 5) is 7.81. The lowest BCUT2D eigenvalue weighted by atomic mass is 9.91. The Bertz CT molecular complexity index is 927. The summed E-state index contributed by atoms with van der Waals surface area (Å²) in [6.45, 7) is 3.20. The van der Waals surface area contributed by atoms with Gasteiger partial charge in [-0.1, -0.05) is 42.8 Å². The van der Waals surface area contributed by atoms with Crippen LogP contribution < -0.4 is 0 Å². The van der Waals surface area contributed by atoms with Gasteiger partial charge in [-0.15, -0.1) is 0 Å². The van der Waals surface area contributed by atoms with E-state index < -0.39 is 6.23 Å². The van der Waals surface area contributed by atoms with E-state index in [4.69, 9.17) is 14.5 Å². The van der Waals surface area contributed by atoms with Gasteiger partial charge in [0.25, 0.3) is 0 Å². The Morgan fingerprint density at radius 2 is 2.03 bits per heavy atom. The standard InChI is InChI=1S/C25H34N2O4S/c1-4-5-6-17-13-19-22-24(32-23(19)20(28)14-17)26-21(15-30-2)27(25(22)29)12-11-16-7-9-18(31-3)10-8-16/h7,9,13-14,22,24-25,28-29H,4-6,8,10-12,15H2,1-3H3. The van der Waals surface area contributed by atoms with E-state index in [2.05, 4.69) is 19.1 Å². The molecule has 0 bridgehead atoms. The Kier molecular flexibility index (Phi) is 7.48. The fourth-order valence-corrected chi connectivity index (χ4v) is 6.10. The molecular formula is C25H34N2O4S. The van der Waals surface area contributed by atoms with Crippen LogP contribution in [-0.2, 0) is 15.9 Å². The van der Waals surface area contributed by atoms with Crippen molar-refractivity contribution in [2.45, 2.75) is 67.9 Å². The molecule has 174 valence electrons. The first-order valence-electron chi connectivity index (χ1n) is 11.5. The second-order valence-electron chi connectivity index (χ2n) is 8.67. The number of fused-ring (bicyclic) bond motifs is 3. The molecule has 3 aliphatic rings. The van der Waals surface area contributed by atoms with Crippen LogP contribution in [0.15, 0.2) is 45.5 Å².